The molecule has 0 saturated carbocycles. The molecule has 0 unspecified atom stereocenters. The molecule has 1 saturated heterocycles. The topological polar surface area (TPSA) is 69.7 Å². The van der Waals surface area contributed by atoms with E-state index in [0.717, 1.165) is 11.1 Å². The Kier molecular flexibility index (Phi) is 6.14. The molecule has 0 radical (unpaired) electrons. The van der Waals surface area contributed by atoms with Gasteiger partial charge in [0.25, 0.3) is 5.91 Å². The molecule has 1 aliphatic heterocycles. The maximum atomic E-state index is 13.0. The second-order valence-corrected chi connectivity index (χ2v) is 8.16. The number of benzene rings is 1. The predicted octanol–water partition coefficient (Wildman–Crippen LogP) is 2.53. The highest BCUT2D eigenvalue weighted by Gasteiger charge is 2.29. The van der Waals surface area contributed by atoms with E-state index in [2.05, 4.69) is 5.32 Å². The number of rotatable bonds is 3. The summed E-state index contributed by atoms with van der Waals surface area (Å²) in [6.07, 6.45) is 0. The Morgan fingerprint density at radius 3 is 2.18 bits per heavy atom. The van der Waals surface area contributed by atoms with Gasteiger partial charge in [-0.1, -0.05) is 29.8 Å². The van der Waals surface area contributed by atoms with E-state index < -0.39 is 11.8 Å². The van der Waals surface area contributed by atoms with E-state index >= 15 is 0 Å². The van der Waals surface area contributed by atoms with Gasteiger partial charge in [0.2, 0.25) is 0 Å². The van der Waals surface area contributed by atoms with Crippen molar-refractivity contribution in [2.24, 2.45) is 0 Å². The fourth-order valence-corrected chi connectivity index (χ4v) is 4.04. The lowest BCUT2D eigenvalue weighted by atomic mass is 10.0. The van der Waals surface area contributed by atoms with Gasteiger partial charge in [-0.2, -0.15) is 0 Å². The molecule has 2 aromatic rings. The molecule has 148 valence electrons. The number of thiophene rings is 1. The van der Waals surface area contributed by atoms with E-state index in [9.17, 15) is 14.4 Å². The summed E-state index contributed by atoms with van der Waals surface area (Å²) in [7, 11) is 0. The van der Waals surface area contributed by atoms with Crippen molar-refractivity contribution in [1.82, 2.24) is 15.1 Å². The molecule has 1 aromatic carbocycles. The van der Waals surface area contributed by atoms with Crippen LogP contribution in [0.2, 0.25) is 0 Å². The minimum absolute atomic E-state index is 0.0238. The van der Waals surface area contributed by atoms with Crippen molar-refractivity contribution in [3.8, 4) is 11.1 Å². The third-order valence-corrected chi connectivity index (χ3v) is 5.59. The van der Waals surface area contributed by atoms with Crippen molar-refractivity contribution < 1.29 is 14.4 Å². The molecule has 28 heavy (non-hydrogen) atoms. The number of aryl methyl sites for hydroxylation is 1. The van der Waals surface area contributed by atoms with E-state index in [0.29, 0.717) is 31.1 Å². The van der Waals surface area contributed by atoms with Gasteiger partial charge in [0, 0.05) is 37.8 Å². The van der Waals surface area contributed by atoms with Crippen molar-refractivity contribution in [2.75, 3.05) is 26.2 Å². The fourth-order valence-electron chi connectivity index (χ4n) is 3.16. The van der Waals surface area contributed by atoms with Crippen molar-refractivity contribution in [3.05, 3.63) is 46.2 Å². The summed E-state index contributed by atoms with van der Waals surface area (Å²) in [4.78, 5) is 41.1. The zero-order valence-corrected chi connectivity index (χ0v) is 17.2. The lowest BCUT2D eigenvalue weighted by molar-refractivity contribution is -0.147. The Bertz CT molecular complexity index is 865. The molecule has 0 bridgehead atoms. The lowest BCUT2D eigenvalue weighted by Crippen LogP contribution is -2.54. The number of carbonyl (C=O) groups excluding carboxylic acids is 3. The Morgan fingerprint density at radius 1 is 0.964 bits per heavy atom. The number of carbonyl (C=O) groups is 3. The predicted molar refractivity (Wildman–Crippen MR) is 110 cm³/mol. The van der Waals surface area contributed by atoms with Crippen LogP contribution < -0.4 is 5.32 Å². The molecule has 6 nitrogen and oxygen atoms in total. The first-order valence-electron chi connectivity index (χ1n) is 9.40. The molecule has 3 amide bonds. The van der Waals surface area contributed by atoms with E-state index in [4.69, 9.17) is 0 Å². The van der Waals surface area contributed by atoms with Gasteiger partial charge < -0.3 is 15.1 Å². The summed E-state index contributed by atoms with van der Waals surface area (Å²) in [5.74, 6) is -1.14. The highest BCUT2D eigenvalue weighted by Crippen LogP contribution is 2.30. The van der Waals surface area contributed by atoms with E-state index in [1.165, 1.54) is 21.8 Å². The standard InChI is InChI=1S/C21H25N3O3S/c1-14(2)22-19(25)21(27)24-11-9-23(10-12-24)20(26)18-17(8-13-28-18)16-6-4-15(3)5-7-16/h4-8,13-14H,9-12H2,1-3H3,(H,22,25). The van der Waals surface area contributed by atoms with Crippen molar-refractivity contribution in [3.63, 3.8) is 0 Å². The van der Waals surface area contributed by atoms with Crippen molar-refractivity contribution in [2.45, 2.75) is 26.8 Å². The fraction of sp³-hybridized carbons (Fsp3) is 0.381. The summed E-state index contributed by atoms with van der Waals surface area (Å²) in [6.45, 7) is 7.23. The number of hydrogen-bond acceptors (Lipinski definition) is 4. The minimum Gasteiger partial charge on any atom is -0.346 e. The van der Waals surface area contributed by atoms with Crippen molar-refractivity contribution in [1.29, 1.82) is 0 Å². The number of amides is 3. The molecule has 1 fully saturated rings. The molecule has 3 rings (SSSR count). The van der Waals surface area contributed by atoms with Crippen LogP contribution in [-0.2, 0) is 9.59 Å². The molecule has 7 heteroatoms. The number of nitrogens with zero attached hydrogens (tertiary/aromatic N) is 2. The van der Waals surface area contributed by atoms with Gasteiger partial charge in [0.05, 0.1) is 4.88 Å². The monoisotopic (exact) mass is 399 g/mol. The molecule has 1 N–H and O–H groups in total. The number of piperazine rings is 1. The third kappa shape index (κ3) is 4.42. The summed E-state index contributed by atoms with van der Waals surface area (Å²) in [6, 6.07) is 10.0. The van der Waals surface area contributed by atoms with Crippen LogP contribution in [0.5, 0.6) is 0 Å². The van der Waals surface area contributed by atoms with Crippen molar-refractivity contribution >= 4 is 29.1 Å². The number of nitrogens with one attached hydrogen (secondary N) is 1. The quantitative estimate of drug-likeness (QED) is 0.807. The smallest absolute Gasteiger partial charge is 0.312 e. The molecular formula is C21H25N3O3S. The van der Waals surface area contributed by atoms with E-state index in [-0.39, 0.29) is 11.9 Å². The second-order valence-electron chi connectivity index (χ2n) is 7.24. The van der Waals surface area contributed by atoms with Crippen LogP contribution >= 0.6 is 11.3 Å². The second kappa shape index (κ2) is 8.56. The maximum absolute atomic E-state index is 13.0. The Balaban J connectivity index is 1.65. The van der Waals surface area contributed by atoms with Gasteiger partial charge in [-0.25, -0.2) is 0 Å². The average molecular weight is 400 g/mol. The summed E-state index contributed by atoms with van der Waals surface area (Å²) in [5.41, 5.74) is 3.13. The van der Waals surface area contributed by atoms with Crippen LogP contribution in [0.15, 0.2) is 35.7 Å². The highest BCUT2D eigenvalue weighted by molar-refractivity contribution is 7.12. The van der Waals surface area contributed by atoms with Gasteiger partial charge in [0.15, 0.2) is 0 Å². The zero-order chi connectivity index (χ0) is 20.3. The van der Waals surface area contributed by atoms with E-state index in [1.54, 1.807) is 4.90 Å². The first kappa shape index (κ1) is 20.1. The van der Waals surface area contributed by atoms with Gasteiger partial charge in [0.1, 0.15) is 0 Å². The van der Waals surface area contributed by atoms with Gasteiger partial charge in [-0.3, -0.25) is 14.4 Å². The minimum atomic E-state index is -0.588. The maximum Gasteiger partial charge on any atom is 0.312 e. The summed E-state index contributed by atoms with van der Waals surface area (Å²) in [5, 5.41) is 4.55. The van der Waals surface area contributed by atoms with Crippen LogP contribution in [0.25, 0.3) is 11.1 Å². The van der Waals surface area contributed by atoms with Crippen LogP contribution in [-0.4, -0.2) is 59.7 Å². The number of hydrogen-bond donors (Lipinski definition) is 1. The largest absolute Gasteiger partial charge is 0.346 e. The molecule has 0 spiro atoms. The molecule has 1 aromatic heterocycles. The SMILES string of the molecule is Cc1ccc(-c2ccsc2C(=O)N2CCN(C(=O)C(=O)NC(C)C)CC2)cc1. The molecular weight excluding hydrogens is 374 g/mol. The Labute approximate surface area is 169 Å². The molecule has 0 atom stereocenters. The van der Waals surface area contributed by atoms with Crippen LogP contribution in [0, 0.1) is 6.92 Å². The van der Waals surface area contributed by atoms with Crippen LogP contribution in [0.1, 0.15) is 29.1 Å². The molecule has 2 heterocycles. The van der Waals surface area contributed by atoms with Gasteiger partial charge in [-0.05, 0) is 37.8 Å². The summed E-state index contributed by atoms with van der Waals surface area (Å²) >= 11 is 1.43. The first-order valence-corrected chi connectivity index (χ1v) is 10.3. The lowest BCUT2D eigenvalue weighted by Gasteiger charge is -2.34. The molecule has 0 aliphatic carbocycles. The van der Waals surface area contributed by atoms with Gasteiger partial charge >= 0.3 is 11.8 Å². The highest BCUT2D eigenvalue weighted by atomic mass is 32.1. The first-order chi connectivity index (χ1) is 13.4. The zero-order valence-electron chi connectivity index (χ0n) is 16.4. The third-order valence-electron chi connectivity index (χ3n) is 4.69. The van der Waals surface area contributed by atoms with E-state index in [1.807, 2.05) is 56.5 Å². The van der Waals surface area contributed by atoms with Crippen LogP contribution in [0.4, 0.5) is 0 Å². The molecule has 1 aliphatic rings. The van der Waals surface area contributed by atoms with Crippen LogP contribution in [0.3, 0.4) is 0 Å². The Morgan fingerprint density at radius 2 is 1.57 bits per heavy atom. The summed E-state index contributed by atoms with van der Waals surface area (Å²) < 4.78 is 0. The Hall–Kier alpha value is -2.67. The normalized spacial score (nSPS) is 14.3. The van der Waals surface area contributed by atoms with Gasteiger partial charge in [-0.15, -0.1) is 11.3 Å². The average Bonchev–Trinajstić information content (AvgIpc) is 3.17.